The van der Waals surface area contributed by atoms with E-state index in [-0.39, 0.29) is 0 Å². The number of aromatic nitrogens is 2. The lowest BCUT2D eigenvalue weighted by Crippen LogP contribution is -2.47. The van der Waals surface area contributed by atoms with Crippen molar-refractivity contribution in [3.63, 3.8) is 0 Å². The molecular weight excluding hydrogens is 190 g/mol. The second kappa shape index (κ2) is 4.33. The van der Waals surface area contributed by atoms with E-state index in [1.54, 1.807) is 0 Å². The van der Waals surface area contributed by atoms with Crippen LogP contribution in [0.2, 0.25) is 0 Å². The molecule has 0 aliphatic carbocycles. The van der Waals surface area contributed by atoms with Gasteiger partial charge < -0.3 is 15.0 Å². The maximum Gasteiger partial charge on any atom is 0.0948 e. The Morgan fingerprint density at radius 2 is 2.53 bits per heavy atom. The number of aliphatic hydroxyl groups is 1. The van der Waals surface area contributed by atoms with Gasteiger partial charge in [-0.05, 0) is 26.3 Å². The van der Waals surface area contributed by atoms with E-state index >= 15 is 0 Å². The zero-order valence-corrected chi connectivity index (χ0v) is 9.24. The molecular formula is C11H19N3O. The smallest absolute Gasteiger partial charge is 0.0948 e. The first kappa shape index (κ1) is 10.6. The number of imidazole rings is 1. The molecule has 4 heteroatoms. The van der Waals surface area contributed by atoms with Gasteiger partial charge in [-0.15, -0.1) is 0 Å². The van der Waals surface area contributed by atoms with Gasteiger partial charge >= 0.3 is 0 Å². The van der Waals surface area contributed by atoms with E-state index in [4.69, 9.17) is 0 Å². The van der Waals surface area contributed by atoms with E-state index in [9.17, 15) is 5.11 Å². The van der Waals surface area contributed by atoms with Gasteiger partial charge in [0.15, 0.2) is 0 Å². The molecule has 84 valence electrons. The molecule has 1 atom stereocenters. The minimum absolute atomic E-state index is 0.578. The number of β-amino-alcohol motifs (C(OH)–C–C–N with tert-alkyl or cyclic N) is 1. The predicted octanol–water partition coefficient (Wildman–Crippen LogP) is 0.560. The van der Waals surface area contributed by atoms with Crippen LogP contribution in [-0.4, -0.2) is 33.3 Å². The van der Waals surface area contributed by atoms with E-state index in [0.717, 1.165) is 31.6 Å². The maximum absolute atomic E-state index is 10.4. The molecule has 0 amide bonds. The van der Waals surface area contributed by atoms with Crippen molar-refractivity contribution in [2.45, 2.75) is 38.3 Å². The van der Waals surface area contributed by atoms with Crippen molar-refractivity contribution >= 4 is 0 Å². The summed E-state index contributed by atoms with van der Waals surface area (Å²) < 4.78 is 2.09. The zero-order chi connectivity index (χ0) is 10.7. The second-order valence-electron chi connectivity index (χ2n) is 4.35. The van der Waals surface area contributed by atoms with Gasteiger partial charge in [0.1, 0.15) is 0 Å². The van der Waals surface area contributed by atoms with Gasteiger partial charge in [0.2, 0.25) is 0 Å². The third kappa shape index (κ3) is 2.38. The SMILES string of the molecule is CCn1cncc1CC1(O)CCCNC1. The van der Waals surface area contributed by atoms with Crippen molar-refractivity contribution in [1.29, 1.82) is 0 Å². The van der Waals surface area contributed by atoms with Crippen molar-refractivity contribution in [2.75, 3.05) is 13.1 Å². The van der Waals surface area contributed by atoms with Crippen LogP contribution in [0.25, 0.3) is 0 Å². The van der Waals surface area contributed by atoms with Crippen LogP contribution in [-0.2, 0) is 13.0 Å². The quantitative estimate of drug-likeness (QED) is 0.765. The number of hydrogen-bond donors (Lipinski definition) is 2. The van der Waals surface area contributed by atoms with Crippen LogP contribution >= 0.6 is 0 Å². The lowest BCUT2D eigenvalue weighted by atomic mass is 9.89. The van der Waals surface area contributed by atoms with E-state index in [0.29, 0.717) is 13.0 Å². The summed E-state index contributed by atoms with van der Waals surface area (Å²) in [5, 5.41) is 13.6. The first-order valence-corrected chi connectivity index (χ1v) is 5.66. The molecule has 0 radical (unpaired) electrons. The first-order chi connectivity index (χ1) is 7.23. The van der Waals surface area contributed by atoms with Crippen molar-refractivity contribution in [3.05, 3.63) is 18.2 Å². The van der Waals surface area contributed by atoms with Gasteiger partial charge in [0.05, 0.1) is 11.9 Å². The standard InChI is InChI=1S/C11H19N3O/c1-2-14-9-13-7-10(14)6-11(15)4-3-5-12-8-11/h7,9,12,15H,2-6,8H2,1H3. The summed E-state index contributed by atoms with van der Waals surface area (Å²) in [6, 6.07) is 0. The molecule has 0 saturated carbocycles. The summed E-state index contributed by atoms with van der Waals surface area (Å²) >= 11 is 0. The Bertz CT molecular complexity index is 315. The Kier molecular flexibility index (Phi) is 3.07. The minimum atomic E-state index is -0.578. The van der Waals surface area contributed by atoms with Crippen LogP contribution in [0.15, 0.2) is 12.5 Å². The van der Waals surface area contributed by atoms with Crippen molar-refractivity contribution in [2.24, 2.45) is 0 Å². The number of nitrogens with one attached hydrogen (secondary N) is 1. The zero-order valence-electron chi connectivity index (χ0n) is 9.24. The highest BCUT2D eigenvalue weighted by Crippen LogP contribution is 2.21. The lowest BCUT2D eigenvalue weighted by Gasteiger charge is -2.32. The number of rotatable bonds is 3. The fourth-order valence-electron chi connectivity index (χ4n) is 2.22. The monoisotopic (exact) mass is 209 g/mol. The van der Waals surface area contributed by atoms with Crippen molar-refractivity contribution < 1.29 is 5.11 Å². The summed E-state index contributed by atoms with van der Waals surface area (Å²) in [5.41, 5.74) is 0.550. The molecule has 2 N–H and O–H groups in total. The average molecular weight is 209 g/mol. The highest BCUT2D eigenvalue weighted by molar-refractivity contribution is 5.05. The Morgan fingerprint density at radius 3 is 3.20 bits per heavy atom. The molecule has 2 heterocycles. The number of piperidine rings is 1. The second-order valence-corrected chi connectivity index (χ2v) is 4.35. The molecule has 0 spiro atoms. The summed E-state index contributed by atoms with van der Waals surface area (Å²) in [4.78, 5) is 4.12. The molecule has 1 aliphatic heterocycles. The van der Waals surface area contributed by atoms with Crippen LogP contribution in [0.5, 0.6) is 0 Å². The third-order valence-corrected chi connectivity index (χ3v) is 3.10. The molecule has 2 rings (SSSR count). The number of aryl methyl sites for hydroxylation is 1. The van der Waals surface area contributed by atoms with Gasteiger partial charge in [0.25, 0.3) is 0 Å². The summed E-state index contributed by atoms with van der Waals surface area (Å²) in [7, 11) is 0. The van der Waals surface area contributed by atoms with E-state index in [1.165, 1.54) is 0 Å². The normalized spacial score (nSPS) is 26.8. The Hall–Kier alpha value is -0.870. The molecule has 4 nitrogen and oxygen atoms in total. The van der Waals surface area contributed by atoms with Gasteiger partial charge in [-0.2, -0.15) is 0 Å². The van der Waals surface area contributed by atoms with Crippen LogP contribution in [0.1, 0.15) is 25.5 Å². The van der Waals surface area contributed by atoms with Crippen molar-refractivity contribution in [1.82, 2.24) is 14.9 Å². The first-order valence-electron chi connectivity index (χ1n) is 5.66. The predicted molar refractivity (Wildman–Crippen MR) is 58.7 cm³/mol. The molecule has 1 fully saturated rings. The maximum atomic E-state index is 10.4. The van der Waals surface area contributed by atoms with E-state index < -0.39 is 5.60 Å². The third-order valence-electron chi connectivity index (χ3n) is 3.10. The molecule has 1 aromatic heterocycles. The summed E-state index contributed by atoms with van der Waals surface area (Å²) in [5.74, 6) is 0. The van der Waals surface area contributed by atoms with Crippen LogP contribution in [0.4, 0.5) is 0 Å². The molecule has 1 saturated heterocycles. The summed E-state index contributed by atoms with van der Waals surface area (Å²) in [6.07, 6.45) is 6.32. The van der Waals surface area contributed by atoms with Gasteiger partial charge in [-0.3, -0.25) is 0 Å². The number of nitrogens with zero attached hydrogens (tertiary/aromatic N) is 2. The largest absolute Gasteiger partial charge is 0.388 e. The van der Waals surface area contributed by atoms with E-state index in [1.807, 2.05) is 12.5 Å². The average Bonchev–Trinajstić information content (AvgIpc) is 2.65. The summed E-state index contributed by atoms with van der Waals surface area (Å²) in [6.45, 7) is 4.73. The van der Waals surface area contributed by atoms with Crippen molar-refractivity contribution in [3.8, 4) is 0 Å². The molecule has 1 aromatic rings. The van der Waals surface area contributed by atoms with Gasteiger partial charge in [0, 0.05) is 31.4 Å². The minimum Gasteiger partial charge on any atom is -0.388 e. The topological polar surface area (TPSA) is 50.1 Å². The van der Waals surface area contributed by atoms with E-state index in [2.05, 4.69) is 21.8 Å². The molecule has 15 heavy (non-hydrogen) atoms. The highest BCUT2D eigenvalue weighted by Gasteiger charge is 2.30. The molecule has 1 aliphatic rings. The Morgan fingerprint density at radius 1 is 1.67 bits per heavy atom. The molecule has 1 unspecified atom stereocenters. The fourth-order valence-corrected chi connectivity index (χ4v) is 2.22. The van der Waals surface area contributed by atoms with Crippen LogP contribution < -0.4 is 5.32 Å². The van der Waals surface area contributed by atoms with Crippen LogP contribution in [0.3, 0.4) is 0 Å². The highest BCUT2D eigenvalue weighted by atomic mass is 16.3. The lowest BCUT2D eigenvalue weighted by molar-refractivity contribution is 0.0154. The molecule has 0 aromatic carbocycles. The van der Waals surface area contributed by atoms with Gasteiger partial charge in [-0.1, -0.05) is 0 Å². The number of hydrogen-bond acceptors (Lipinski definition) is 3. The van der Waals surface area contributed by atoms with Crippen LogP contribution in [0, 0.1) is 0 Å². The van der Waals surface area contributed by atoms with Gasteiger partial charge in [-0.25, -0.2) is 4.98 Å². The fraction of sp³-hybridized carbons (Fsp3) is 0.727. The Balaban J connectivity index is 2.06. The molecule has 0 bridgehead atoms. The Labute approximate surface area is 90.3 Å².